The van der Waals surface area contributed by atoms with Gasteiger partial charge in [-0.05, 0) is 26.7 Å². The normalized spacial score (nSPS) is 21.5. The first kappa shape index (κ1) is 14.3. The molecular weight excluding hydrogens is 244 g/mol. The molecule has 1 aliphatic heterocycles. The van der Waals surface area contributed by atoms with Gasteiger partial charge in [0.25, 0.3) is 0 Å². The lowest BCUT2D eigenvalue weighted by Gasteiger charge is -2.34. The molecule has 1 heterocycles. The molecule has 0 aromatic rings. The Bertz CT molecular complexity index is 343. The van der Waals surface area contributed by atoms with E-state index >= 15 is 0 Å². The highest BCUT2D eigenvalue weighted by Crippen LogP contribution is 2.23. The molecule has 19 heavy (non-hydrogen) atoms. The Morgan fingerprint density at radius 1 is 1.16 bits per heavy atom. The lowest BCUT2D eigenvalue weighted by atomic mass is 9.89. The van der Waals surface area contributed by atoms with E-state index in [1.807, 2.05) is 0 Å². The monoisotopic (exact) mass is 268 g/mol. The Labute approximate surface area is 114 Å². The Kier molecular flexibility index (Phi) is 4.45. The summed E-state index contributed by atoms with van der Waals surface area (Å²) in [6.45, 7) is 5.72. The molecule has 5 heteroatoms. The number of ether oxygens (including phenoxy) is 1. The molecule has 0 radical (unpaired) electrons. The van der Waals surface area contributed by atoms with Crippen molar-refractivity contribution < 1.29 is 14.3 Å². The topological polar surface area (TPSA) is 58.6 Å². The minimum Gasteiger partial charge on any atom is -0.378 e. The summed E-state index contributed by atoms with van der Waals surface area (Å²) in [5.41, 5.74) is -0.986. The van der Waals surface area contributed by atoms with E-state index in [9.17, 15) is 9.59 Å². The second kappa shape index (κ2) is 5.90. The van der Waals surface area contributed by atoms with Crippen molar-refractivity contribution in [2.24, 2.45) is 5.41 Å². The fourth-order valence-corrected chi connectivity index (χ4v) is 2.69. The average Bonchev–Trinajstić information content (AvgIpc) is 2.91. The van der Waals surface area contributed by atoms with Crippen LogP contribution >= 0.6 is 0 Å². The van der Waals surface area contributed by atoms with Crippen LogP contribution in [-0.2, 0) is 14.3 Å². The molecule has 0 unspecified atom stereocenters. The quantitative estimate of drug-likeness (QED) is 0.775. The van der Waals surface area contributed by atoms with Crippen LogP contribution in [0.2, 0.25) is 0 Å². The molecule has 0 aromatic carbocycles. The lowest BCUT2D eigenvalue weighted by molar-refractivity contribution is -0.151. The maximum Gasteiger partial charge on any atom is 0.237 e. The van der Waals surface area contributed by atoms with E-state index in [-0.39, 0.29) is 17.9 Å². The maximum atomic E-state index is 12.4. The number of morpholine rings is 1. The van der Waals surface area contributed by atoms with Crippen molar-refractivity contribution in [2.75, 3.05) is 26.3 Å². The van der Waals surface area contributed by atoms with Crippen molar-refractivity contribution in [1.82, 2.24) is 10.2 Å². The van der Waals surface area contributed by atoms with Gasteiger partial charge in [-0.1, -0.05) is 12.8 Å². The van der Waals surface area contributed by atoms with E-state index in [2.05, 4.69) is 5.32 Å². The molecular formula is C14H24N2O3. The summed E-state index contributed by atoms with van der Waals surface area (Å²) in [6.07, 6.45) is 4.41. The summed E-state index contributed by atoms with van der Waals surface area (Å²) in [7, 11) is 0. The van der Waals surface area contributed by atoms with Crippen LogP contribution in [0.25, 0.3) is 0 Å². The third-order valence-electron chi connectivity index (χ3n) is 4.09. The Hall–Kier alpha value is -1.10. The number of nitrogens with one attached hydrogen (secondary N) is 1. The number of carbonyl (C=O) groups excluding carboxylic acids is 2. The zero-order valence-electron chi connectivity index (χ0n) is 11.9. The molecule has 2 amide bonds. The standard InChI is InChI=1S/C14H24N2O3/c1-14(2,12(17)15-11-5-3-4-6-11)13(18)16-7-9-19-10-8-16/h11H,3-10H2,1-2H3,(H,15,17). The van der Waals surface area contributed by atoms with Crippen molar-refractivity contribution in [3.05, 3.63) is 0 Å². The van der Waals surface area contributed by atoms with Gasteiger partial charge in [0.1, 0.15) is 5.41 Å². The molecule has 1 aliphatic carbocycles. The van der Waals surface area contributed by atoms with E-state index in [1.54, 1.807) is 18.7 Å². The van der Waals surface area contributed by atoms with Gasteiger partial charge in [-0.25, -0.2) is 0 Å². The van der Waals surface area contributed by atoms with Gasteiger partial charge in [0.05, 0.1) is 13.2 Å². The van der Waals surface area contributed by atoms with Gasteiger partial charge < -0.3 is 15.0 Å². The lowest BCUT2D eigenvalue weighted by Crippen LogP contribution is -2.53. The first-order valence-corrected chi connectivity index (χ1v) is 7.20. The van der Waals surface area contributed by atoms with E-state index in [0.29, 0.717) is 26.3 Å². The summed E-state index contributed by atoms with van der Waals surface area (Å²) >= 11 is 0. The molecule has 108 valence electrons. The minimum absolute atomic E-state index is 0.0914. The van der Waals surface area contributed by atoms with Gasteiger partial charge >= 0.3 is 0 Å². The fourth-order valence-electron chi connectivity index (χ4n) is 2.69. The van der Waals surface area contributed by atoms with Crippen LogP contribution < -0.4 is 5.32 Å². The van der Waals surface area contributed by atoms with Gasteiger partial charge in [0.2, 0.25) is 11.8 Å². The van der Waals surface area contributed by atoms with Crippen LogP contribution in [0, 0.1) is 5.41 Å². The third kappa shape index (κ3) is 3.26. The predicted octanol–water partition coefficient (Wildman–Crippen LogP) is 0.930. The van der Waals surface area contributed by atoms with E-state index < -0.39 is 5.41 Å². The van der Waals surface area contributed by atoms with E-state index in [4.69, 9.17) is 4.74 Å². The highest BCUT2D eigenvalue weighted by atomic mass is 16.5. The summed E-state index contributed by atoms with van der Waals surface area (Å²) in [4.78, 5) is 26.5. The minimum atomic E-state index is -0.986. The first-order chi connectivity index (χ1) is 9.01. The largest absolute Gasteiger partial charge is 0.378 e. The van der Waals surface area contributed by atoms with Crippen LogP contribution in [0.3, 0.4) is 0 Å². The molecule has 2 aliphatic rings. The average molecular weight is 268 g/mol. The van der Waals surface area contributed by atoms with Crippen molar-refractivity contribution in [3.63, 3.8) is 0 Å². The van der Waals surface area contributed by atoms with Gasteiger partial charge in [-0.2, -0.15) is 0 Å². The predicted molar refractivity (Wildman–Crippen MR) is 71.6 cm³/mol. The Morgan fingerprint density at radius 3 is 2.32 bits per heavy atom. The second-order valence-electron chi connectivity index (χ2n) is 5.98. The van der Waals surface area contributed by atoms with Gasteiger partial charge in [0.15, 0.2) is 0 Å². The Balaban J connectivity index is 1.94. The second-order valence-corrected chi connectivity index (χ2v) is 5.98. The maximum absolute atomic E-state index is 12.4. The van der Waals surface area contributed by atoms with E-state index in [0.717, 1.165) is 12.8 Å². The fraction of sp³-hybridized carbons (Fsp3) is 0.857. The Morgan fingerprint density at radius 2 is 1.74 bits per heavy atom. The molecule has 0 bridgehead atoms. The number of hydrogen-bond acceptors (Lipinski definition) is 3. The summed E-state index contributed by atoms with van der Waals surface area (Å²) < 4.78 is 5.24. The molecule has 1 N–H and O–H groups in total. The molecule has 0 atom stereocenters. The van der Waals surface area contributed by atoms with Gasteiger partial charge in [-0.15, -0.1) is 0 Å². The van der Waals surface area contributed by atoms with Crippen LogP contribution in [0.5, 0.6) is 0 Å². The first-order valence-electron chi connectivity index (χ1n) is 7.20. The zero-order valence-corrected chi connectivity index (χ0v) is 11.9. The smallest absolute Gasteiger partial charge is 0.237 e. The SMILES string of the molecule is CC(C)(C(=O)NC1CCCC1)C(=O)N1CCOCC1. The van der Waals surface area contributed by atoms with Crippen molar-refractivity contribution in [2.45, 2.75) is 45.6 Å². The number of nitrogens with zero attached hydrogens (tertiary/aromatic N) is 1. The molecule has 1 saturated carbocycles. The van der Waals surface area contributed by atoms with Crippen molar-refractivity contribution in [3.8, 4) is 0 Å². The summed E-state index contributed by atoms with van der Waals surface area (Å²) in [5.74, 6) is -0.234. The summed E-state index contributed by atoms with van der Waals surface area (Å²) in [5, 5.41) is 3.02. The van der Waals surface area contributed by atoms with Crippen LogP contribution in [0.15, 0.2) is 0 Å². The highest BCUT2D eigenvalue weighted by molar-refractivity contribution is 6.04. The number of carbonyl (C=O) groups is 2. The van der Waals surface area contributed by atoms with Crippen molar-refractivity contribution >= 4 is 11.8 Å². The molecule has 1 saturated heterocycles. The van der Waals surface area contributed by atoms with Crippen LogP contribution in [-0.4, -0.2) is 49.1 Å². The summed E-state index contributed by atoms with van der Waals surface area (Å²) in [6, 6.07) is 0.254. The number of rotatable bonds is 3. The van der Waals surface area contributed by atoms with E-state index in [1.165, 1.54) is 12.8 Å². The molecule has 2 fully saturated rings. The molecule has 0 spiro atoms. The van der Waals surface area contributed by atoms with Crippen molar-refractivity contribution in [1.29, 1.82) is 0 Å². The van der Waals surface area contributed by atoms with Gasteiger partial charge in [0, 0.05) is 19.1 Å². The molecule has 0 aromatic heterocycles. The number of amides is 2. The van der Waals surface area contributed by atoms with Crippen LogP contribution in [0.4, 0.5) is 0 Å². The number of hydrogen-bond donors (Lipinski definition) is 1. The highest BCUT2D eigenvalue weighted by Gasteiger charge is 2.40. The van der Waals surface area contributed by atoms with Gasteiger partial charge in [-0.3, -0.25) is 9.59 Å². The molecule has 5 nitrogen and oxygen atoms in total. The third-order valence-corrected chi connectivity index (χ3v) is 4.09. The van der Waals surface area contributed by atoms with Crippen LogP contribution in [0.1, 0.15) is 39.5 Å². The zero-order chi connectivity index (χ0) is 13.9. The molecule has 2 rings (SSSR count).